The summed E-state index contributed by atoms with van der Waals surface area (Å²) in [6, 6.07) is 11.4. The van der Waals surface area contributed by atoms with Gasteiger partial charge in [0.15, 0.2) is 0 Å². The minimum absolute atomic E-state index is 0.0268. The zero-order valence-electron chi connectivity index (χ0n) is 19.7. The van der Waals surface area contributed by atoms with Crippen LogP contribution < -0.4 is 9.62 Å². The molecule has 9 nitrogen and oxygen atoms in total. The van der Waals surface area contributed by atoms with Crippen molar-refractivity contribution < 1.29 is 32.3 Å². The summed E-state index contributed by atoms with van der Waals surface area (Å²) in [5, 5.41) is 2.57. The lowest BCUT2D eigenvalue weighted by atomic mass is 10.1. The molecule has 10 heteroatoms. The van der Waals surface area contributed by atoms with E-state index in [9.17, 15) is 22.8 Å². The molecule has 0 unspecified atom stereocenters. The van der Waals surface area contributed by atoms with Gasteiger partial charge in [0, 0.05) is 19.0 Å². The molecule has 0 aliphatic carbocycles. The average Bonchev–Trinajstić information content (AvgIpc) is 2.81. The number of carbonyl (C=O) groups is 3. The van der Waals surface area contributed by atoms with Crippen LogP contribution in [0.15, 0.2) is 53.4 Å². The van der Waals surface area contributed by atoms with E-state index in [2.05, 4.69) is 5.32 Å². The molecule has 184 valence electrons. The Hall–Kier alpha value is -3.40. The number of anilines is 1. The highest BCUT2D eigenvalue weighted by Crippen LogP contribution is 2.23. The van der Waals surface area contributed by atoms with Gasteiger partial charge in [0.2, 0.25) is 0 Å². The van der Waals surface area contributed by atoms with Gasteiger partial charge in [-0.25, -0.2) is 13.2 Å². The van der Waals surface area contributed by atoms with E-state index in [4.69, 9.17) is 9.47 Å². The molecule has 0 bridgehead atoms. The molecule has 0 aromatic heterocycles. The maximum Gasteiger partial charge on any atom is 0.328 e. The zero-order chi connectivity index (χ0) is 25.3. The number of aryl methyl sites for hydroxylation is 1. The third-order valence-electron chi connectivity index (χ3n) is 4.99. The number of amides is 1. The second-order valence-corrected chi connectivity index (χ2v) is 9.42. The zero-order valence-corrected chi connectivity index (χ0v) is 20.6. The predicted molar refractivity (Wildman–Crippen MR) is 127 cm³/mol. The first-order chi connectivity index (χ1) is 16.1. The predicted octanol–water partition coefficient (Wildman–Crippen LogP) is 2.82. The van der Waals surface area contributed by atoms with Crippen LogP contribution in [0, 0.1) is 6.92 Å². The van der Waals surface area contributed by atoms with Gasteiger partial charge in [0.25, 0.3) is 15.9 Å². The minimum Gasteiger partial charge on any atom is -0.466 e. The summed E-state index contributed by atoms with van der Waals surface area (Å²) in [5.74, 6) is -1.69. The van der Waals surface area contributed by atoms with Crippen molar-refractivity contribution in [3.63, 3.8) is 0 Å². The topological polar surface area (TPSA) is 119 Å². The molecule has 0 saturated heterocycles. The summed E-state index contributed by atoms with van der Waals surface area (Å²) >= 11 is 0. The quantitative estimate of drug-likeness (QED) is 0.481. The Bertz CT molecular complexity index is 1100. The van der Waals surface area contributed by atoms with Crippen molar-refractivity contribution in [2.24, 2.45) is 0 Å². The Morgan fingerprint density at radius 3 is 2.09 bits per heavy atom. The van der Waals surface area contributed by atoms with E-state index in [1.165, 1.54) is 43.4 Å². The molecule has 1 N–H and O–H groups in total. The van der Waals surface area contributed by atoms with E-state index in [1.54, 1.807) is 26.0 Å². The normalized spacial score (nSPS) is 11.9. The highest BCUT2D eigenvalue weighted by Gasteiger charge is 2.25. The van der Waals surface area contributed by atoms with Crippen molar-refractivity contribution >= 4 is 33.6 Å². The smallest absolute Gasteiger partial charge is 0.328 e. The number of hydrogen-bond donors (Lipinski definition) is 1. The fourth-order valence-electron chi connectivity index (χ4n) is 3.06. The first-order valence-electron chi connectivity index (χ1n) is 10.9. The molecule has 0 spiro atoms. The monoisotopic (exact) mass is 490 g/mol. The van der Waals surface area contributed by atoms with Crippen LogP contribution in [0.25, 0.3) is 0 Å². The molecular weight excluding hydrogens is 460 g/mol. The SMILES string of the molecule is CCOC(=O)CC[C@@H](NC(=O)c1ccc(N(C)S(=O)(=O)c2ccc(C)cc2)cc1)C(=O)OCC. The Morgan fingerprint density at radius 1 is 0.941 bits per heavy atom. The molecule has 0 aliphatic rings. The van der Waals surface area contributed by atoms with E-state index in [0.717, 1.165) is 9.87 Å². The Kier molecular flexibility index (Phi) is 9.61. The van der Waals surface area contributed by atoms with Crippen molar-refractivity contribution in [2.45, 2.75) is 44.6 Å². The Balaban J connectivity index is 2.13. The molecule has 0 aliphatic heterocycles. The van der Waals surface area contributed by atoms with Crippen LogP contribution in [0.3, 0.4) is 0 Å². The average molecular weight is 491 g/mol. The van der Waals surface area contributed by atoms with Gasteiger partial charge in [-0.3, -0.25) is 13.9 Å². The standard InChI is InChI=1S/C24H30N2O7S/c1-5-32-22(27)16-15-21(24(29)33-6-2)25-23(28)18-9-11-19(12-10-18)26(4)34(30,31)20-13-7-17(3)8-14-20/h7-14,21H,5-6,15-16H2,1-4H3,(H,25,28)/t21-/m1/s1. The van der Waals surface area contributed by atoms with Crippen LogP contribution in [0.4, 0.5) is 5.69 Å². The number of sulfonamides is 1. The third kappa shape index (κ3) is 7.05. The lowest BCUT2D eigenvalue weighted by Crippen LogP contribution is -2.42. The summed E-state index contributed by atoms with van der Waals surface area (Å²) in [6.07, 6.45) is -0.0305. The molecule has 0 saturated carbocycles. The van der Waals surface area contributed by atoms with Crippen LogP contribution >= 0.6 is 0 Å². The number of nitrogens with one attached hydrogen (secondary N) is 1. The van der Waals surface area contributed by atoms with Gasteiger partial charge in [-0.2, -0.15) is 0 Å². The van der Waals surface area contributed by atoms with Gasteiger partial charge in [-0.05, 0) is 63.6 Å². The Labute approximate surface area is 200 Å². The number of nitrogens with zero attached hydrogens (tertiary/aromatic N) is 1. The summed E-state index contributed by atoms with van der Waals surface area (Å²) < 4.78 is 36.7. The summed E-state index contributed by atoms with van der Waals surface area (Å²) in [6.45, 7) is 5.53. The number of benzene rings is 2. The summed E-state index contributed by atoms with van der Waals surface area (Å²) in [5.41, 5.74) is 1.53. The molecule has 1 atom stereocenters. The molecule has 0 heterocycles. The van der Waals surface area contributed by atoms with Crippen LogP contribution in [-0.2, 0) is 29.1 Å². The van der Waals surface area contributed by atoms with Gasteiger partial charge in [0.1, 0.15) is 6.04 Å². The summed E-state index contributed by atoms with van der Waals surface area (Å²) in [7, 11) is -2.34. The molecule has 1 amide bonds. The van der Waals surface area contributed by atoms with Gasteiger partial charge < -0.3 is 14.8 Å². The van der Waals surface area contributed by atoms with Gasteiger partial charge in [-0.1, -0.05) is 17.7 Å². The van der Waals surface area contributed by atoms with Crippen molar-refractivity contribution in [3.05, 3.63) is 59.7 Å². The third-order valence-corrected chi connectivity index (χ3v) is 6.79. The molecule has 2 rings (SSSR count). The number of carbonyl (C=O) groups excluding carboxylic acids is 3. The van der Waals surface area contributed by atoms with E-state index < -0.39 is 33.9 Å². The molecule has 0 fully saturated rings. The number of esters is 2. The van der Waals surface area contributed by atoms with Crippen LogP contribution in [0.2, 0.25) is 0 Å². The second-order valence-electron chi connectivity index (χ2n) is 7.45. The first kappa shape index (κ1) is 26.8. The molecule has 2 aromatic carbocycles. The van der Waals surface area contributed by atoms with E-state index in [-0.39, 0.29) is 36.5 Å². The molecular formula is C24H30N2O7S. The highest BCUT2D eigenvalue weighted by molar-refractivity contribution is 7.92. The maximum atomic E-state index is 12.9. The van der Waals surface area contributed by atoms with E-state index >= 15 is 0 Å². The number of rotatable bonds is 11. The van der Waals surface area contributed by atoms with E-state index in [1.807, 2.05) is 6.92 Å². The van der Waals surface area contributed by atoms with Gasteiger partial charge in [0.05, 0.1) is 23.8 Å². The first-order valence-corrected chi connectivity index (χ1v) is 12.3. The van der Waals surface area contributed by atoms with Gasteiger partial charge >= 0.3 is 11.9 Å². The van der Waals surface area contributed by atoms with Crippen molar-refractivity contribution in [1.29, 1.82) is 0 Å². The van der Waals surface area contributed by atoms with Crippen LogP contribution in [-0.4, -0.2) is 52.6 Å². The van der Waals surface area contributed by atoms with Crippen LogP contribution in [0.1, 0.15) is 42.6 Å². The van der Waals surface area contributed by atoms with Crippen molar-refractivity contribution in [1.82, 2.24) is 5.32 Å². The number of hydrogen-bond acceptors (Lipinski definition) is 7. The number of ether oxygens (including phenoxy) is 2. The lowest BCUT2D eigenvalue weighted by Gasteiger charge is -2.20. The van der Waals surface area contributed by atoms with Crippen molar-refractivity contribution in [3.8, 4) is 0 Å². The van der Waals surface area contributed by atoms with Gasteiger partial charge in [-0.15, -0.1) is 0 Å². The Morgan fingerprint density at radius 2 is 1.53 bits per heavy atom. The summed E-state index contributed by atoms with van der Waals surface area (Å²) in [4.78, 5) is 36.7. The van der Waals surface area contributed by atoms with Crippen LogP contribution in [0.5, 0.6) is 0 Å². The highest BCUT2D eigenvalue weighted by atomic mass is 32.2. The fourth-order valence-corrected chi connectivity index (χ4v) is 4.25. The van der Waals surface area contributed by atoms with E-state index in [0.29, 0.717) is 5.69 Å². The molecule has 0 radical (unpaired) electrons. The lowest BCUT2D eigenvalue weighted by molar-refractivity contribution is -0.146. The second kappa shape index (κ2) is 12.2. The largest absolute Gasteiger partial charge is 0.466 e. The molecule has 34 heavy (non-hydrogen) atoms. The fraction of sp³-hybridized carbons (Fsp3) is 0.375. The maximum absolute atomic E-state index is 12.9. The molecule has 2 aromatic rings. The van der Waals surface area contributed by atoms with Crippen molar-refractivity contribution in [2.75, 3.05) is 24.6 Å². The minimum atomic E-state index is -3.77.